The molecule has 0 bridgehead atoms. The summed E-state index contributed by atoms with van der Waals surface area (Å²) < 4.78 is 0. The summed E-state index contributed by atoms with van der Waals surface area (Å²) in [6, 6.07) is 8.11. The Hall–Kier alpha value is -1.77. The molecule has 2 rings (SSSR count). The van der Waals surface area contributed by atoms with Gasteiger partial charge in [-0.3, -0.25) is 4.90 Å². The molecule has 0 radical (unpaired) electrons. The molecule has 0 saturated carbocycles. The molecule has 0 N–H and O–H groups in total. The first-order chi connectivity index (χ1) is 8.27. The minimum absolute atomic E-state index is 0.0541. The number of rotatable bonds is 2. The number of hydrogen-bond acceptors (Lipinski definition) is 1. The van der Waals surface area contributed by atoms with Crippen molar-refractivity contribution >= 4 is 11.7 Å². The highest BCUT2D eigenvalue weighted by atomic mass is 16.2. The molecule has 3 heteroatoms. The highest BCUT2D eigenvalue weighted by molar-refractivity contribution is 5.95. The molecule has 90 valence electrons. The Balaban J connectivity index is 2.30. The molecule has 0 aromatic heterocycles. The standard InChI is InChI=1S/C14H18N2O/c1-3-15(4-2)14(17)16-11-7-9-12-8-5-6-10-13(12)16/h5-8,10-11H,3-4,9H2,1-2H3. The Morgan fingerprint density at radius 1 is 1.29 bits per heavy atom. The van der Waals surface area contributed by atoms with Gasteiger partial charge in [0.05, 0.1) is 5.69 Å². The lowest BCUT2D eigenvalue weighted by atomic mass is 10.1. The first-order valence-corrected chi connectivity index (χ1v) is 6.10. The fourth-order valence-corrected chi connectivity index (χ4v) is 2.10. The van der Waals surface area contributed by atoms with E-state index in [0.29, 0.717) is 0 Å². The van der Waals surface area contributed by atoms with E-state index in [1.54, 1.807) is 4.90 Å². The first-order valence-electron chi connectivity index (χ1n) is 6.10. The third kappa shape index (κ3) is 2.18. The molecule has 0 unspecified atom stereocenters. The molecular formula is C14H18N2O. The molecule has 1 aromatic carbocycles. The monoisotopic (exact) mass is 230 g/mol. The summed E-state index contributed by atoms with van der Waals surface area (Å²) in [7, 11) is 0. The number of carbonyl (C=O) groups is 1. The van der Waals surface area contributed by atoms with E-state index in [9.17, 15) is 4.79 Å². The van der Waals surface area contributed by atoms with Crippen molar-refractivity contribution in [1.82, 2.24) is 4.90 Å². The minimum Gasteiger partial charge on any atom is -0.325 e. The summed E-state index contributed by atoms with van der Waals surface area (Å²) in [5, 5.41) is 0. The number of allylic oxidation sites excluding steroid dienone is 1. The van der Waals surface area contributed by atoms with Gasteiger partial charge in [-0.1, -0.05) is 24.3 Å². The molecular weight excluding hydrogens is 212 g/mol. The van der Waals surface area contributed by atoms with Crippen molar-refractivity contribution in [2.24, 2.45) is 0 Å². The van der Waals surface area contributed by atoms with Gasteiger partial charge < -0.3 is 4.90 Å². The number of nitrogens with zero attached hydrogens (tertiary/aromatic N) is 2. The third-order valence-electron chi connectivity index (χ3n) is 3.08. The predicted molar refractivity (Wildman–Crippen MR) is 70.1 cm³/mol. The van der Waals surface area contributed by atoms with E-state index in [1.165, 1.54) is 5.56 Å². The van der Waals surface area contributed by atoms with Crippen molar-refractivity contribution in [2.45, 2.75) is 20.3 Å². The van der Waals surface area contributed by atoms with E-state index >= 15 is 0 Å². The van der Waals surface area contributed by atoms with Gasteiger partial charge in [-0.05, 0) is 31.9 Å². The van der Waals surface area contributed by atoms with Crippen LogP contribution in [0.4, 0.5) is 10.5 Å². The van der Waals surface area contributed by atoms with E-state index in [4.69, 9.17) is 0 Å². The van der Waals surface area contributed by atoms with E-state index < -0.39 is 0 Å². The molecule has 0 fully saturated rings. The van der Waals surface area contributed by atoms with Crippen LogP contribution in [0, 0.1) is 0 Å². The van der Waals surface area contributed by atoms with E-state index in [1.807, 2.05) is 49.2 Å². The highest BCUT2D eigenvalue weighted by Crippen LogP contribution is 2.26. The van der Waals surface area contributed by atoms with Crippen LogP contribution in [0.1, 0.15) is 19.4 Å². The highest BCUT2D eigenvalue weighted by Gasteiger charge is 2.21. The van der Waals surface area contributed by atoms with Crippen LogP contribution in [-0.4, -0.2) is 24.0 Å². The molecule has 0 aliphatic carbocycles. The van der Waals surface area contributed by atoms with Crippen molar-refractivity contribution in [3.8, 4) is 0 Å². The van der Waals surface area contributed by atoms with Gasteiger partial charge >= 0.3 is 6.03 Å². The number of benzene rings is 1. The number of anilines is 1. The molecule has 0 spiro atoms. The van der Waals surface area contributed by atoms with Crippen LogP contribution in [0.3, 0.4) is 0 Å². The second kappa shape index (κ2) is 5.04. The second-order valence-electron chi connectivity index (χ2n) is 4.04. The Morgan fingerprint density at radius 3 is 2.71 bits per heavy atom. The molecule has 1 aliphatic heterocycles. The largest absolute Gasteiger partial charge is 0.328 e. The number of para-hydroxylation sites is 1. The van der Waals surface area contributed by atoms with E-state index in [0.717, 1.165) is 25.2 Å². The van der Waals surface area contributed by atoms with Crippen LogP contribution in [0.15, 0.2) is 36.5 Å². The summed E-state index contributed by atoms with van der Waals surface area (Å²) in [5.41, 5.74) is 2.21. The molecule has 1 heterocycles. The van der Waals surface area contributed by atoms with Gasteiger partial charge in [0.25, 0.3) is 0 Å². The summed E-state index contributed by atoms with van der Waals surface area (Å²) in [6.07, 6.45) is 4.81. The topological polar surface area (TPSA) is 23.6 Å². The summed E-state index contributed by atoms with van der Waals surface area (Å²) in [6.45, 7) is 5.48. The number of hydrogen-bond donors (Lipinski definition) is 0. The molecule has 17 heavy (non-hydrogen) atoms. The molecule has 1 aliphatic rings. The molecule has 1 aromatic rings. The van der Waals surface area contributed by atoms with Gasteiger partial charge in [0.2, 0.25) is 0 Å². The van der Waals surface area contributed by atoms with Crippen LogP contribution in [-0.2, 0) is 6.42 Å². The van der Waals surface area contributed by atoms with E-state index in [2.05, 4.69) is 6.07 Å². The van der Waals surface area contributed by atoms with Crippen LogP contribution in [0.2, 0.25) is 0 Å². The van der Waals surface area contributed by atoms with Crippen LogP contribution >= 0.6 is 0 Å². The summed E-state index contributed by atoms with van der Waals surface area (Å²) in [5.74, 6) is 0. The molecule has 0 atom stereocenters. The van der Waals surface area contributed by atoms with Gasteiger partial charge in [-0.2, -0.15) is 0 Å². The average Bonchev–Trinajstić information content (AvgIpc) is 2.39. The van der Waals surface area contributed by atoms with Crippen molar-refractivity contribution in [2.75, 3.05) is 18.0 Å². The molecule has 0 saturated heterocycles. The van der Waals surface area contributed by atoms with Gasteiger partial charge in [-0.25, -0.2) is 4.79 Å². The lowest BCUT2D eigenvalue weighted by Gasteiger charge is -2.30. The average molecular weight is 230 g/mol. The predicted octanol–water partition coefficient (Wildman–Crippen LogP) is 3.02. The number of amides is 2. The lowest BCUT2D eigenvalue weighted by molar-refractivity contribution is 0.212. The summed E-state index contributed by atoms with van der Waals surface area (Å²) in [4.78, 5) is 15.9. The Kier molecular flexibility index (Phi) is 3.47. The number of fused-ring (bicyclic) bond motifs is 1. The van der Waals surface area contributed by atoms with Gasteiger partial charge in [-0.15, -0.1) is 0 Å². The lowest BCUT2D eigenvalue weighted by Crippen LogP contribution is -2.41. The van der Waals surface area contributed by atoms with Crippen molar-refractivity contribution in [3.05, 3.63) is 42.1 Å². The zero-order valence-electron chi connectivity index (χ0n) is 10.4. The van der Waals surface area contributed by atoms with E-state index in [-0.39, 0.29) is 6.03 Å². The first kappa shape index (κ1) is 11.7. The normalized spacial score (nSPS) is 13.4. The van der Waals surface area contributed by atoms with Gasteiger partial charge in [0, 0.05) is 19.3 Å². The third-order valence-corrected chi connectivity index (χ3v) is 3.08. The SMILES string of the molecule is CCN(CC)C(=O)N1C=CCc2ccccc21. The molecule has 3 nitrogen and oxygen atoms in total. The maximum absolute atomic E-state index is 12.3. The van der Waals surface area contributed by atoms with Crippen LogP contribution < -0.4 is 4.90 Å². The van der Waals surface area contributed by atoms with Gasteiger partial charge in [0.15, 0.2) is 0 Å². The van der Waals surface area contributed by atoms with Crippen LogP contribution in [0.5, 0.6) is 0 Å². The van der Waals surface area contributed by atoms with Gasteiger partial charge in [0.1, 0.15) is 0 Å². The Morgan fingerprint density at radius 2 is 2.00 bits per heavy atom. The minimum atomic E-state index is 0.0541. The zero-order valence-corrected chi connectivity index (χ0v) is 10.4. The molecule has 2 amide bonds. The smallest absolute Gasteiger partial charge is 0.325 e. The number of urea groups is 1. The fraction of sp³-hybridized carbons (Fsp3) is 0.357. The Bertz CT molecular complexity index is 436. The van der Waals surface area contributed by atoms with Crippen molar-refractivity contribution in [1.29, 1.82) is 0 Å². The maximum atomic E-state index is 12.3. The quantitative estimate of drug-likeness (QED) is 0.766. The van der Waals surface area contributed by atoms with Crippen LogP contribution in [0.25, 0.3) is 0 Å². The van der Waals surface area contributed by atoms with Crippen molar-refractivity contribution in [3.63, 3.8) is 0 Å². The fourth-order valence-electron chi connectivity index (χ4n) is 2.10. The summed E-state index contributed by atoms with van der Waals surface area (Å²) >= 11 is 0. The second-order valence-corrected chi connectivity index (χ2v) is 4.04. The zero-order chi connectivity index (χ0) is 12.3. The maximum Gasteiger partial charge on any atom is 0.328 e. The Labute approximate surface area is 102 Å². The number of carbonyl (C=O) groups excluding carboxylic acids is 1. The van der Waals surface area contributed by atoms with Crippen molar-refractivity contribution < 1.29 is 4.79 Å².